The van der Waals surface area contributed by atoms with E-state index in [4.69, 9.17) is 20.2 Å². The Kier molecular flexibility index (Phi) is 5.90. The molecule has 0 spiro atoms. The zero-order valence-electron chi connectivity index (χ0n) is 18.6. The predicted octanol–water partition coefficient (Wildman–Crippen LogP) is 4.01. The number of carbonyl (C=O) groups is 1. The molecule has 0 unspecified atom stereocenters. The van der Waals surface area contributed by atoms with E-state index in [2.05, 4.69) is 14.9 Å². The minimum Gasteiger partial charge on any atom is -0.444 e. The zero-order valence-corrected chi connectivity index (χ0v) is 18.6. The van der Waals surface area contributed by atoms with Gasteiger partial charge in [0, 0.05) is 18.5 Å². The van der Waals surface area contributed by atoms with E-state index in [1.807, 2.05) is 65.8 Å². The number of benzene rings is 1. The average molecular weight is 414 g/mol. The summed E-state index contributed by atoms with van der Waals surface area (Å²) in [6.45, 7) is 12.7. The SMILES string of the molecule is CCOCc1nc2c(N)nc3ccccc3c2n1CC(C)(C)NC(=O)OC(C)(C)C. The van der Waals surface area contributed by atoms with E-state index < -0.39 is 17.2 Å². The topological polar surface area (TPSA) is 104 Å². The van der Waals surface area contributed by atoms with Crippen LogP contribution in [0.5, 0.6) is 0 Å². The number of nitrogens with two attached hydrogens (primary N) is 1. The highest BCUT2D eigenvalue weighted by Gasteiger charge is 2.28. The third-order valence-electron chi connectivity index (χ3n) is 4.52. The summed E-state index contributed by atoms with van der Waals surface area (Å²) in [4.78, 5) is 21.6. The molecule has 30 heavy (non-hydrogen) atoms. The highest BCUT2D eigenvalue weighted by molar-refractivity contribution is 6.06. The second-order valence-corrected chi connectivity index (χ2v) is 8.97. The number of para-hydroxylation sites is 1. The first-order valence-electron chi connectivity index (χ1n) is 10.1. The standard InChI is InChI=1S/C22H31N5O3/c1-7-29-12-16-25-17-18(14-10-8-9-11-15(14)24-19(17)23)27(16)13-22(5,6)26-20(28)30-21(2,3)4/h8-11H,7,12-13H2,1-6H3,(H2,23,24)(H,26,28). The van der Waals surface area contributed by atoms with Crippen LogP contribution in [-0.4, -0.2) is 38.4 Å². The number of fused-ring (bicyclic) bond motifs is 3. The van der Waals surface area contributed by atoms with Crippen LogP contribution in [0.4, 0.5) is 10.6 Å². The lowest BCUT2D eigenvalue weighted by Gasteiger charge is -2.30. The average Bonchev–Trinajstić information content (AvgIpc) is 2.96. The van der Waals surface area contributed by atoms with Crippen LogP contribution in [0, 0.1) is 0 Å². The number of imidazole rings is 1. The van der Waals surface area contributed by atoms with Crippen LogP contribution in [0.25, 0.3) is 21.9 Å². The number of carbonyl (C=O) groups excluding carboxylic acids is 1. The molecular weight excluding hydrogens is 382 g/mol. The number of amides is 1. The number of nitrogens with one attached hydrogen (secondary N) is 1. The lowest BCUT2D eigenvalue weighted by atomic mass is 10.1. The zero-order chi connectivity index (χ0) is 22.1. The van der Waals surface area contributed by atoms with E-state index in [1.54, 1.807) is 0 Å². The van der Waals surface area contributed by atoms with Crippen LogP contribution in [0.2, 0.25) is 0 Å². The maximum atomic E-state index is 12.4. The van der Waals surface area contributed by atoms with Crippen LogP contribution in [0.3, 0.4) is 0 Å². The maximum absolute atomic E-state index is 12.4. The summed E-state index contributed by atoms with van der Waals surface area (Å²) in [6, 6.07) is 7.82. The summed E-state index contributed by atoms with van der Waals surface area (Å²) in [6.07, 6.45) is -0.464. The van der Waals surface area contributed by atoms with Crippen molar-refractivity contribution in [3.63, 3.8) is 0 Å². The molecule has 8 heteroatoms. The predicted molar refractivity (Wildman–Crippen MR) is 118 cm³/mol. The summed E-state index contributed by atoms with van der Waals surface area (Å²) >= 11 is 0. The van der Waals surface area contributed by atoms with Crippen LogP contribution in [-0.2, 0) is 22.6 Å². The molecule has 0 fully saturated rings. The van der Waals surface area contributed by atoms with Crippen molar-refractivity contribution in [3.8, 4) is 0 Å². The van der Waals surface area contributed by atoms with Gasteiger partial charge in [0.15, 0.2) is 5.82 Å². The molecule has 1 aromatic carbocycles. The number of hydrogen-bond acceptors (Lipinski definition) is 6. The second-order valence-electron chi connectivity index (χ2n) is 8.97. The number of aromatic nitrogens is 3. The Hall–Kier alpha value is -2.87. The molecule has 8 nitrogen and oxygen atoms in total. The number of alkyl carbamates (subject to hydrolysis) is 1. The monoisotopic (exact) mass is 413 g/mol. The lowest BCUT2D eigenvalue weighted by Crippen LogP contribution is -2.48. The van der Waals surface area contributed by atoms with E-state index in [1.165, 1.54) is 0 Å². The summed E-state index contributed by atoms with van der Waals surface area (Å²) in [5.41, 5.74) is 7.36. The highest BCUT2D eigenvalue weighted by atomic mass is 16.6. The van der Waals surface area contributed by atoms with Crippen LogP contribution < -0.4 is 11.1 Å². The number of rotatable bonds is 6. The third-order valence-corrected chi connectivity index (χ3v) is 4.52. The Balaban J connectivity index is 2.07. The number of anilines is 1. The highest BCUT2D eigenvalue weighted by Crippen LogP contribution is 2.30. The number of hydrogen-bond donors (Lipinski definition) is 2. The molecule has 0 aliphatic rings. The van der Waals surface area contributed by atoms with E-state index in [0.29, 0.717) is 31.1 Å². The molecule has 3 N–H and O–H groups in total. The van der Waals surface area contributed by atoms with Gasteiger partial charge >= 0.3 is 6.09 Å². The molecule has 162 valence electrons. The minimum atomic E-state index is -0.615. The maximum Gasteiger partial charge on any atom is 0.408 e. The van der Waals surface area contributed by atoms with Crippen molar-refractivity contribution in [1.82, 2.24) is 19.9 Å². The first-order chi connectivity index (χ1) is 14.0. The van der Waals surface area contributed by atoms with Gasteiger partial charge in [-0.25, -0.2) is 14.8 Å². The Morgan fingerprint density at radius 3 is 2.53 bits per heavy atom. The summed E-state index contributed by atoms with van der Waals surface area (Å²) in [5.74, 6) is 1.11. The first-order valence-corrected chi connectivity index (χ1v) is 10.1. The number of ether oxygens (including phenoxy) is 2. The van der Waals surface area contributed by atoms with E-state index in [-0.39, 0.29) is 0 Å². The first kappa shape index (κ1) is 21.8. The quantitative estimate of drug-likeness (QED) is 0.633. The van der Waals surface area contributed by atoms with Crippen LogP contribution >= 0.6 is 0 Å². The molecule has 1 amide bonds. The molecule has 0 aliphatic heterocycles. The van der Waals surface area contributed by atoms with Crippen molar-refractivity contribution >= 4 is 33.8 Å². The fraction of sp³-hybridized carbons (Fsp3) is 0.500. The van der Waals surface area contributed by atoms with Gasteiger partial charge < -0.3 is 25.1 Å². The molecule has 0 saturated heterocycles. The summed E-state index contributed by atoms with van der Waals surface area (Å²) in [7, 11) is 0. The van der Waals surface area contributed by atoms with Crippen molar-refractivity contribution in [2.24, 2.45) is 0 Å². The van der Waals surface area contributed by atoms with Gasteiger partial charge in [-0.05, 0) is 47.6 Å². The summed E-state index contributed by atoms with van der Waals surface area (Å²) in [5, 5.41) is 3.91. The van der Waals surface area contributed by atoms with Crippen LogP contribution in [0.15, 0.2) is 24.3 Å². The van der Waals surface area contributed by atoms with E-state index >= 15 is 0 Å². The van der Waals surface area contributed by atoms with Gasteiger partial charge in [0.2, 0.25) is 0 Å². The van der Waals surface area contributed by atoms with Crippen molar-refractivity contribution in [2.75, 3.05) is 12.3 Å². The van der Waals surface area contributed by atoms with Gasteiger partial charge in [0.05, 0.1) is 16.6 Å². The van der Waals surface area contributed by atoms with Gasteiger partial charge in [-0.2, -0.15) is 0 Å². The Labute approximate surface area is 176 Å². The molecule has 0 atom stereocenters. The van der Waals surface area contributed by atoms with Crippen molar-refractivity contribution in [1.29, 1.82) is 0 Å². The Morgan fingerprint density at radius 1 is 1.17 bits per heavy atom. The third kappa shape index (κ3) is 4.81. The summed E-state index contributed by atoms with van der Waals surface area (Å²) < 4.78 is 13.1. The fourth-order valence-corrected chi connectivity index (χ4v) is 3.39. The number of nitrogen functional groups attached to an aromatic ring is 1. The van der Waals surface area contributed by atoms with E-state index in [0.717, 1.165) is 22.2 Å². The minimum absolute atomic E-state index is 0.335. The Bertz CT molecular complexity index is 1070. The molecule has 2 heterocycles. The van der Waals surface area contributed by atoms with Crippen molar-refractivity contribution in [3.05, 3.63) is 30.1 Å². The number of nitrogens with zero attached hydrogens (tertiary/aromatic N) is 3. The van der Waals surface area contributed by atoms with Gasteiger partial charge in [-0.3, -0.25) is 0 Å². The molecule has 3 aromatic rings. The van der Waals surface area contributed by atoms with Gasteiger partial charge in [-0.15, -0.1) is 0 Å². The van der Waals surface area contributed by atoms with E-state index in [9.17, 15) is 4.79 Å². The molecule has 0 bridgehead atoms. The molecule has 0 aliphatic carbocycles. The Morgan fingerprint density at radius 2 is 1.87 bits per heavy atom. The number of pyridine rings is 1. The van der Waals surface area contributed by atoms with Crippen molar-refractivity contribution < 1.29 is 14.3 Å². The smallest absolute Gasteiger partial charge is 0.408 e. The second kappa shape index (κ2) is 8.10. The fourth-order valence-electron chi connectivity index (χ4n) is 3.39. The van der Waals surface area contributed by atoms with Gasteiger partial charge in [-0.1, -0.05) is 18.2 Å². The van der Waals surface area contributed by atoms with Gasteiger partial charge in [0.25, 0.3) is 0 Å². The molecule has 2 aromatic heterocycles. The van der Waals surface area contributed by atoms with Crippen LogP contribution in [0.1, 0.15) is 47.4 Å². The largest absolute Gasteiger partial charge is 0.444 e. The molecule has 0 saturated carbocycles. The van der Waals surface area contributed by atoms with Gasteiger partial charge in [0.1, 0.15) is 23.5 Å². The molecule has 3 rings (SSSR count). The lowest BCUT2D eigenvalue weighted by molar-refractivity contribution is 0.0462. The normalized spacial score (nSPS) is 12.5. The van der Waals surface area contributed by atoms with Crippen molar-refractivity contribution in [2.45, 2.75) is 65.8 Å². The molecular formula is C22H31N5O3. The molecule has 0 radical (unpaired) electrons.